The quantitative estimate of drug-likeness (QED) is 0.746. The van der Waals surface area contributed by atoms with E-state index in [1.54, 1.807) is 11.6 Å². The molecule has 0 N–H and O–H groups in total. The minimum absolute atomic E-state index is 0.0395. The number of hydrogen-bond acceptors (Lipinski definition) is 7. The summed E-state index contributed by atoms with van der Waals surface area (Å²) in [5.74, 6) is -0.148. The topological polar surface area (TPSA) is 81.0 Å². The third-order valence-corrected chi connectivity index (χ3v) is 4.97. The van der Waals surface area contributed by atoms with Crippen LogP contribution in [0.4, 0.5) is 0 Å². The number of esters is 1. The Bertz CT molecular complexity index is 769. The van der Waals surface area contributed by atoms with Crippen LogP contribution in [-0.2, 0) is 9.53 Å². The van der Waals surface area contributed by atoms with Crippen molar-refractivity contribution >= 4 is 39.9 Å². The number of carbonyl (C=O) groups excluding carboxylic acids is 2. The molecule has 9 heteroatoms. The van der Waals surface area contributed by atoms with E-state index in [0.717, 1.165) is 0 Å². The monoisotopic (exact) mass is 325 g/mol. The van der Waals surface area contributed by atoms with Gasteiger partial charge in [0.15, 0.2) is 4.96 Å². The van der Waals surface area contributed by atoms with Crippen LogP contribution < -0.4 is 5.56 Å². The molecule has 2 aromatic rings. The number of methoxy groups -OCH3 is 1. The summed E-state index contributed by atoms with van der Waals surface area (Å²) in [4.78, 5) is 42.5. The molecule has 1 unspecified atom stereocenters. The molecule has 3 rings (SSSR count). The number of carbonyl (C=O) groups is 2. The van der Waals surface area contributed by atoms with Crippen molar-refractivity contribution < 1.29 is 14.3 Å². The van der Waals surface area contributed by atoms with Gasteiger partial charge in [-0.25, -0.2) is 9.78 Å². The Morgan fingerprint density at radius 1 is 1.48 bits per heavy atom. The number of thiazole rings is 1. The van der Waals surface area contributed by atoms with Gasteiger partial charge in [0.05, 0.1) is 13.0 Å². The van der Waals surface area contributed by atoms with Gasteiger partial charge in [0.2, 0.25) is 0 Å². The van der Waals surface area contributed by atoms with Gasteiger partial charge in [-0.2, -0.15) is 0 Å². The fourth-order valence-corrected chi connectivity index (χ4v) is 3.91. The highest BCUT2D eigenvalue weighted by Gasteiger charge is 2.37. The first-order valence-electron chi connectivity index (χ1n) is 6.05. The van der Waals surface area contributed by atoms with Gasteiger partial charge in [-0.3, -0.25) is 14.0 Å². The molecule has 1 aliphatic rings. The Hall–Kier alpha value is -1.87. The summed E-state index contributed by atoms with van der Waals surface area (Å²) in [7, 11) is 1.28. The van der Waals surface area contributed by atoms with Gasteiger partial charge in [0.25, 0.3) is 11.5 Å². The second-order valence-corrected chi connectivity index (χ2v) is 6.22. The van der Waals surface area contributed by atoms with Gasteiger partial charge in [-0.15, -0.1) is 23.1 Å². The number of nitrogens with zero attached hydrogens (tertiary/aromatic N) is 3. The van der Waals surface area contributed by atoms with Crippen LogP contribution in [0.1, 0.15) is 10.4 Å². The average Bonchev–Trinajstić information content (AvgIpc) is 3.15. The fourth-order valence-electron chi connectivity index (χ4n) is 2.10. The molecular weight excluding hydrogens is 314 g/mol. The van der Waals surface area contributed by atoms with E-state index in [0.29, 0.717) is 16.6 Å². The number of amides is 1. The first-order chi connectivity index (χ1) is 10.1. The highest BCUT2D eigenvalue weighted by atomic mass is 32.2. The van der Waals surface area contributed by atoms with E-state index in [1.165, 1.54) is 45.7 Å². The summed E-state index contributed by atoms with van der Waals surface area (Å²) < 4.78 is 6.02. The Labute approximate surface area is 127 Å². The number of fused-ring (bicyclic) bond motifs is 1. The highest BCUT2D eigenvalue weighted by molar-refractivity contribution is 7.99. The van der Waals surface area contributed by atoms with Gasteiger partial charge in [0.1, 0.15) is 11.6 Å². The normalized spacial score (nSPS) is 18.1. The molecule has 1 atom stereocenters. The van der Waals surface area contributed by atoms with E-state index < -0.39 is 23.5 Å². The van der Waals surface area contributed by atoms with Gasteiger partial charge in [-0.1, -0.05) is 0 Å². The Morgan fingerprint density at radius 3 is 3.05 bits per heavy atom. The van der Waals surface area contributed by atoms with Gasteiger partial charge in [0, 0.05) is 23.5 Å². The van der Waals surface area contributed by atoms with Crippen molar-refractivity contribution in [1.29, 1.82) is 0 Å². The van der Waals surface area contributed by atoms with Crippen LogP contribution in [0.5, 0.6) is 0 Å². The summed E-state index contributed by atoms with van der Waals surface area (Å²) >= 11 is 2.76. The average molecular weight is 325 g/mol. The lowest BCUT2D eigenvalue weighted by Gasteiger charge is -2.21. The van der Waals surface area contributed by atoms with E-state index >= 15 is 0 Å². The van der Waals surface area contributed by atoms with Crippen molar-refractivity contribution in [3.05, 3.63) is 33.7 Å². The maximum Gasteiger partial charge on any atom is 0.329 e. The van der Waals surface area contributed by atoms with Crippen molar-refractivity contribution in [3.8, 4) is 0 Å². The molecule has 0 saturated carbocycles. The Balaban J connectivity index is 1.98. The van der Waals surface area contributed by atoms with E-state index in [4.69, 9.17) is 4.74 Å². The van der Waals surface area contributed by atoms with Gasteiger partial charge >= 0.3 is 5.97 Å². The summed E-state index contributed by atoms with van der Waals surface area (Å²) in [5.41, 5.74) is -0.464. The highest BCUT2D eigenvalue weighted by Crippen LogP contribution is 2.23. The summed E-state index contributed by atoms with van der Waals surface area (Å²) in [6, 6.07) is -0.657. The zero-order valence-corrected chi connectivity index (χ0v) is 12.6. The summed E-state index contributed by atoms with van der Waals surface area (Å²) in [6.07, 6.45) is 2.84. The fraction of sp³-hybridized carbons (Fsp3) is 0.333. The minimum Gasteiger partial charge on any atom is -0.467 e. The first-order valence-corrected chi connectivity index (χ1v) is 8.08. The molecule has 1 saturated heterocycles. The molecule has 0 spiro atoms. The lowest BCUT2D eigenvalue weighted by molar-refractivity contribution is -0.144. The number of aromatic nitrogens is 2. The predicted molar refractivity (Wildman–Crippen MR) is 78.6 cm³/mol. The lowest BCUT2D eigenvalue weighted by atomic mass is 10.2. The van der Waals surface area contributed by atoms with E-state index in [2.05, 4.69) is 4.98 Å². The molecule has 7 nitrogen and oxygen atoms in total. The van der Waals surface area contributed by atoms with Crippen LogP contribution in [0.15, 0.2) is 22.6 Å². The maximum absolute atomic E-state index is 12.5. The third-order valence-electron chi connectivity index (χ3n) is 3.19. The van der Waals surface area contributed by atoms with Crippen LogP contribution in [0.2, 0.25) is 0 Å². The Kier molecular flexibility index (Phi) is 3.68. The number of thioether (sulfide) groups is 1. The van der Waals surface area contributed by atoms with E-state index in [9.17, 15) is 14.4 Å². The van der Waals surface area contributed by atoms with Crippen molar-refractivity contribution in [2.24, 2.45) is 0 Å². The predicted octanol–water partition coefficient (Wildman–Crippen LogP) is 0.444. The standard InChI is InChI=1S/C12H11N3O4S2/c1-19-11(18)8-5-20-6-15(8)10(17)7-4-13-12-14(9(7)16)2-3-21-12/h2-4,8H,5-6H2,1H3. The smallest absolute Gasteiger partial charge is 0.329 e. The van der Waals surface area contributed by atoms with Crippen molar-refractivity contribution in [1.82, 2.24) is 14.3 Å². The molecule has 0 aromatic carbocycles. The second kappa shape index (κ2) is 5.49. The molecule has 2 aromatic heterocycles. The maximum atomic E-state index is 12.5. The SMILES string of the molecule is COC(=O)C1CSCN1C(=O)c1cnc2sccn2c1=O. The molecule has 3 heterocycles. The Morgan fingerprint density at radius 2 is 2.29 bits per heavy atom. The molecule has 1 fully saturated rings. The van der Waals surface area contributed by atoms with Gasteiger partial charge in [-0.05, 0) is 0 Å². The van der Waals surface area contributed by atoms with Crippen molar-refractivity contribution in [2.45, 2.75) is 6.04 Å². The lowest BCUT2D eigenvalue weighted by Crippen LogP contribution is -2.44. The largest absolute Gasteiger partial charge is 0.467 e. The zero-order valence-electron chi connectivity index (χ0n) is 11.0. The molecule has 21 heavy (non-hydrogen) atoms. The molecule has 0 bridgehead atoms. The van der Waals surface area contributed by atoms with Crippen LogP contribution >= 0.6 is 23.1 Å². The molecule has 0 radical (unpaired) electrons. The number of rotatable bonds is 2. The van der Waals surface area contributed by atoms with E-state index in [1.807, 2.05) is 0 Å². The van der Waals surface area contributed by atoms with E-state index in [-0.39, 0.29) is 5.56 Å². The zero-order chi connectivity index (χ0) is 15.0. The third kappa shape index (κ3) is 2.32. The molecule has 1 aliphatic heterocycles. The molecule has 1 amide bonds. The van der Waals surface area contributed by atoms with Gasteiger partial charge < -0.3 is 9.64 Å². The number of hydrogen-bond donors (Lipinski definition) is 0. The van der Waals surface area contributed by atoms with Crippen LogP contribution in [0.25, 0.3) is 4.96 Å². The first kappa shape index (κ1) is 14.1. The molecular formula is C12H11N3O4S2. The van der Waals surface area contributed by atoms with Crippen molar-refractivity contribution in [2.75, 3.05) is 18.7 Å². The second-order valence-electron chi connectivity index (χ2n) is 4.35. The van der Waals surface area contributed by atoms with Crippen LogP contribution in [0, 0.1) is 0 Å². The minimum atomic E-state index is -0.657. The molecule has 110 valence electrons. The summed E-state index contributed by atoms with van der Waals surface area (Å²) in [5, 5.41) is 1.72. The van der Waals surface area contributed by atoms with Crippen LogP contribution in [0.3, 0.4) is 0 Å². The summed E-state index contributed by atoms with van der Waals surface area (Å²) in [6.45, 7) is 0. The van der Waals surface area contributed by atoms with Crippen LogP contribution in [-0.4, -0.2) is 50.9 Å². The number of ether oxygens (including phenoxy) is 1. The molecule has 0 aliphatic carbocycles. The van der Waals surface area contributed by atoms with Crippen molar-refractivity contribution in [3.63, 3.8) is 0 Å².